The number of benzene rings is 1. The number of thiazole rings is 1. The van der Waals surface area contributed by atoms with E-state index in [1.54, 1.807) is 11.3 Å². The molecule has 2 atom stereocenters. The van der Waals surface area contributed by atoms with E-state index in [-0.39, 0.29) is 6.10 Å². The Morgan fingerprint density at radius 2 is 2.07 bits per heavy atom. The SMILES string of the molecule is CC(O)CCN1CCc2nc(-c3ccc(OCCCN4CCCC4C)cc3)sc2C1. The summed E-state index contributed by atoms with van der Waals surface area (Å²) >= 11 is 1.81. The fourth-order valence-electron chi connectivity index (χ4n) is 4.41. The van der Waals surface area contributed by atoms with E-state index >= 15 is 0 Å². The first-order chi connectivity index (χ1) is 14.6. The molecule has 2 aromatic rings. The molecule has 6 heteroatoms. The normalized spacial score (nSPS) is 21.0. The van der Waals surface area contributed by atoms with E-state index in [0.717, 1.165) is 68.8 Å². The van der Waals surface area contributed by atoms with Crippen LogP contribution in [0.2, 0.25) is 0 Å². The number of ether oxygens (including phenoxy) is 1. The molecule has 1 saturated heterocycles. The van der Waals surface area contributed by atoms with Crippen LogP contribution in [-0.4, -0.2) is 64.8 Å². The Hall–Kier alpha value is -1.47. The molecule has 2 aliphatic rings. The molecule has 4 rings (SSSR count). The van der Waals surface area contributed by atoms with Crippen LogP contribution in [0, 0.1) is 0 Å². The largest absolute Gasteiger partial charge is 0.494 e. The minimum Gasteiger partial charge on any atom is -0.494 e. The molecule has 0 amide bonds. The number of likely N-dealkylation sites (tertiary alicyclic amines) is 1. The summed E-state index contributed by atoms with van der Waals surface area (Å²) < 4.78 is 5.96. The zero-order valence-electron chi connectivity index (χ0n) is 18.3. The number of aliphatic hydroxyl groups is 1. The zero-order chi connectivity index (χ0) is 20.9. The van der Waals surface area contributed by atoms with Crippen molar-refractivity contribution in [1.29, 1.82) is 0 Å². The number of nitrogens with zero attached hydrogens (tertiary/aromatic N) is 3. The molecule has 1 aromatic heterocycles. The predicted molar refractivity (Wildman–Crippen MR) is 123 cm³/mol. The highest BCUT2D eigenvalue weighted by molar-refractivity contribution is 7.15. The van der Waals surface area contributed by atoms with E-state index in [1.807, 2.05) is 6.92 Å². The van der Waals surface area contributed by atoms with Crippen molar-refractivity contribution >= 4 is 11.3 Å². The van der Waals surface area contributed by atoms with Crippen LogP contribution in [0.3, 0.4) is 0 Å². The summed E-state index contributed by atoms with van der Waals surface area (Å²) in [5, 5.41) is 10.6. The van der Waals surface area contributed by atoms with E-state index in [0.29, 0.717) is 0 Å². The molecule has 30 heavy (non-hydrogen) atoms. The van der Waals surface area contributed by atoms with Gasteiger partial charge in [0.15, 0.2) is 0 Å². The zero-order valence-corrected chi connectivity index (χ0v) is 19.2. The maximum absolute atomic E-state index is 9.53. The second-order valence-corrected chi connectivity index (χ2v) is 9.89. The first-order valence-corrected chi connectivity index (χ1v) is 12.3. The van der Waals surface area contributed by atoms with Gasteiger partial charge in [-0.1, -0.05) is 0 Å². The molecule has 0 saturated carbocycles. The molecule has 2 unspecified atom stereocenters. The lowest BCUT2D eigenvalue weighted by Gasteiger charge is -2.26. The standard InChI is InChI=1S/C24H35N3O2S/c1-18-5-3-12-27(18)13-4-16-29-21-8-6-20(7-9-21)24-25-22-11-15-26(14-10-19(2)28)17-23(22)30-24/h6-9,18-19,28H,3-5,10-17H2,1-2H3. The monoisotopic (exact) mass is 429 g/mol. The Morgan fingerprint density at radius 3 is 2.80 bits per heavy atom. The number of fused-ring (bicyclic) bond motifs is 1. The van der Waals surface area contributed by atoms with E-state index in [1.165, 1.54) is 35.5 Å². The van der Waals surface area contributed by atoms with Gasteiger partial charge in [0.25, 0.3) is 0 Å². The smallest absolute Gasteiger partial charge is 0.123 e. The van der Waals surface area contributed by atoms with E-state index in [2.05, 4.69) is 41.0 Å². The lowest BCUT2D eigenvalue weighted by Crippen LogP contribution is -2.32. The van der Waals surface area contributed by atoms with Crippen molar-refractivity contribution < 1.29 is 9.84 Å². The number of aromatic nitrogens is 1. The molecular weight excluding hydrogens is 394 g/mol. The summed E-state index contributed by atoms with van der Waals surface area (Å²) in [7, 11) is 0. The van der Waals surface area contributed by atoms with E-state index in [4.69, 9.17) is 9.72 Å². The second kappa shape index (κ2) is 10.2. The minimum absolute atomic E-state index is 0.229. The fourth-order valence-corrected chi connectivity index (χ4v) is 5.56. The maximum atomic E-state index is 9.53. The van der Waals surface area contributed by atoms with Gasteiger partial charge in [0.1, 0.15) is 10.8 Å². The average molecular weight is 430 g/mol. The summed E-state index contributed by atoms with van der Waals surface area (Å²) in [6.45, 7) is 10.3. The molecule has 2 aliphatic heterocycles. The quantitative estimate of drug-likeness (QED) is 0.606. The Bertz CT molecular complexity index is 805. The molecule has 1 fully saturated rings. The third kappa shape index (κ3) is 5.61. The van der Waals surface area contributed by atoms with Gasteiger partial charge in [-0.05, 0) is 70.3 Å². The average Bonchev–Trinajstić information content (AvgIpc) is 3.35. The maximum Gasteiger partial charge on any atom is 0.123 e. The molecule has 3 heterocycles. The topological polar surface area (TPSA) is 48.8 Å². The van der Waals surface area contributed by atoms with Crippen molar-refractivity contribution in [3.63, 3.8) is 0 Å². The van der Waals surface area contributed by atoms with Crippen LogP contribution in [0.1, 0.15) is 50.1 Å². The van der Waals surface area contributed by atoms with E-state index in [9.17, 15) is 5.11 Å². The number of hydrogen-bond donors (Lipinski definition) is 1. The summed E-state index contributed by atoms with van der Waals surface area (Å²) in [6, 6.07) is 9.14. The molecule has 0 radical (unpaired) electrons. The van der Waals surface area contributed by atoms with Crippen molar-refractivity contribution in [2.45, 2.75) is 64.6 Å². The summed E-state index contributed by atoms with van der Waals surface area (Å²) in [5.74, 6) is 0.943. The fraction of sp³-hybridized carbons (Fsp3) is 0.625. The van der Waals surface area contributed by atoms with E-state index < -0.39 is 0 Å². The van der Waals surface area contributed by atoms with Crippen molar-refractivity contribution in [1.82, 2.24) is 14.8 Å². The Balaban J connectivity index is 1.27. The van der Waals surface area contributed by atoms with Crippen molar-refractivity contribution in [3.8, 4) is 16.3 Å². The molecule has 1 aromatic carbocycles. The minimum atomic E-state index is -0.229. The Kier molecular flexibility index (Phi) is 7.41. The number of hydrogen-bond acceptors (Lipinski definition) is 6. The van der Waals surface area contributed by atoms with Crippen LogP contribution in [-0.2, 0) is 13.0 Å². The molecule has 0 bridgehead atoms. The Morgan fingerprint density at radius 1 is 1.23 bits per heavy atom. The lowest BCUT2D eigenvalue weighted by molar-refractivity contribution is 0.151. The first kappa shape index (κ1) is 21.8. The van der Waals surface area contributed by atoms with Gasteiger partial charge in [-0.15, -0.1) is 11.3 Å². The highest BCUT2D eigenvalue weighted by Gasteiger charge is 2.21. The molecule has 0 aliphatic carbocycles. The van der Waals surface area contributed by atoms with Gasteiger partial charge in [0.2, 0.25) is 0 Å². The van der Waals surface area contributed by atoms with Crippen LogP contribution in [0.4, 0.5) is 0 Å². The van der Waals surface area contributed by atoms with Crippen molar-refractivity contribution in [2.24, 2.45) is 0 Å². The summed E-state index contributed by atoms with van der Waals surface area (Å²) in [5.41, 5.74) is 2.42. The summed E-state index contributed by atoms with van der Waals surface area (Å²) in [6.07, 6.45) is 5.36. The molecular formula is C24H35N3O2S. The second-order valence-electron chi connectivity index (χ2n) is 8.81. The lowest BCUT2D eigenvalue weighted by atomic mass is 10.1. The molecule has 164 valence electrons. The van der Waals surface area contributed by atoms with Crippen molar-refractivity contribution in [2.75, 3.05) is 32.8 Å². The Labute approximate surface area is 184 Å². The van der Waals surface area contributed by atoms with Crippen LogP contribution in [0.15, 0.2) is 24.3 Å². The van der Waals surface area contributed by atoms with Crippen LogP contribution >= 0.6 is 11.3 Å². The van der Waals surface area contributed by atoms with Gasteiger partial charge >= 0.3 is 0 Å². The van der Waals surface area contributed by atoms with Gasteiger partial charge in [-0.25, -0.2) is 4.98 Å². The van der Waals surface area contributed by atoms with Gasteiger partial charge in [-0.3, -0.25) is 4.90 Å². The van der Waals surface area contributed by atoms with Crippen LogP contribution < -0.4 is 4.74 Å². The van der Waals surface area contributed by atoms with Gasteiger partial charge in [0.05, 0.1) is 18.4 Å². The van der Waals surface area contributed by atoms with Crippen molar-refractivity contribution in [3.05, 3.63) is 34.8 Å². The highest BCUT2D eigenvalue weighted by atomic mass is 32.1. The van der Waals surface area contributed by atoms with Crippen LogP contribution in [0.5, 0.6) is 5.75 Å². The summed E-state index contributed by atoms with van der Waals surface area (Å²) in [4.78, 5) is 11.3. The predicted octanol–water partition coefficient (Wildman–Crippen LogP) is 4.19. The van der Waals surface area contributed by atoms with Crippen LogP contribution in [0.25, 0.3) is 10.6 Å². The van der Waals surface area contributed by atoms with Gasteiger partial charge in [-0.2, -0.15) is 0 Å². The highest BCUT2D eigenvalue weighted by Crippen LogP contribution is 2.32. The first-order valence-electron chi connectivity index (χ1n) is 11.4. The molecule has 5 nitrogen and oxygen atoms in total. The third-order valence-electron chi connectivity index (χ3n) is 6.32. The van der Waals surface area contributed by atoms with Gasteiger partial charge in [0, 0.05) is 49.1 Å². The molecule has 0 spiro atoms. The number of rotatable bonds is 9. The van der Waals surface area contributed by atoms with Gasteiger partial charge < -0.3 is 14.7 Å². The molecule has 1 N–H and O–H groups in total. The number of aliphatic hydroxyl groups excluding tert-OH is 1. The third-order valence-corrected chi connectivity index (χ3v) is 7.46.